The molecule has 0 saturated heterocycles. The summed E-state index contributed by atoms with van der Waals surface area (Å²) in [6.45, 7) is 0.365. The summed E-state index contributed by atoms with van der Waals surface area (Å²) in [5.74, 6) is 0.808. The Labute approximate surface area is 110 Å². The van der Waals surface area contributed by atoms with Crippen molar-refractivity contribution in [1.29, 1.82) is 0 Å². The average Bonchev–Trinajstić information content (AvgIpc) is 2.91. The Morgan fingerprint density at radius 3 is 2.94 bits per heavy atom. The third-order valence-corrected chi connectivity index (χ3v) is 5.70. The molecule has 18 heavy (non-hydrogen) atoms. The predicted molar refractivity (Wildman–Crippen MR) is 70.8 cm³/mol. The van der Waals surface area contributed by atoms with Gasteiger partial charge in [0.25, 0.3) is 0 Å². The molecule has 3 rings (SSSR count). The maximum Gasteiger partial charge on any atom is 0.214 e. The molecule has 1 aliphatic carbocycles. The predicted octanol–water partition coefficient (Wildman–Crippen LogP) is 2.59. The zero-order chi connectivity index (χ0) is 12.6. The molecule has 1 N–H and O–H groups in total. The standard InChI is InChI=1S/C12H13NO3S2/c14-18(15,11-3-4-11)13-7-10-6-9(8-17-10)12-2-1-5-16-12/h1-2,5-6,8,11,13H,3-4,7H2. The lowest BCUT2D eigenvalue weighted by atomic mass is 10.2. The minimum atomic E-state index is -3.10. The zero-order valence-electron chi connectivity index (χ0n) is 9.63. The summed E-state index contributed by atoms with van der Waals surface area (Å²) < 4.78 is 31.3. The third-order valence-electron chi connectivity index (χ3n) is 2.87. The lowest BCUT2D eigenvalue weighted by molar-refractivity contribution is 0.580. The van der Waals surface area contributed by atoms with Crippen molar-refractivity contribution in [2.45, 2.75) is 24.6 Å². The van der Waals surface area contributed by atoms with Gasteiger partial charge < -0.3 is 4.42 Å². The highest BCUT2D eigenvalue weighted by Crippen LogP contribution is 2.29. The SMILES string of the molecule is O=S(=O)(NCc1cc(-c2ccco2)cs1)C1CC1. The molecule has 1 aliphatic rings. The summed E-state index contributed by atoms with van der Waals surface area (Å²) in [7, 11) is -3.10. The van der Waals surface area contributed by atoms with E-state index in [9.17, 15) is 8.42 Å². The average molecular weight is 283 g/mol. The first-order valence-corrected chi connectivity index (χ1v) is 8.17. The number of sulfonamides is 1. The summed E-state index contributed by atoms with van der Waals surface area (Å²) in [6, 6.07) is 5.68. The molecule has 96 valence electrons. The van der Waals surface area contributed by atoms with Gasteiger partial charge in [-0.15, -0.1) is 11.3 Å². The molecule has 0 atom stereocenters. The van der Waals surface area contributed by atoms with Crippen molar-refractivity contribution in [3.8, 4) is 11.3 Å². The van der Waals surface area contributed by atoms with Gasteiger partial charge in [0.05, 0.1) is 11.5 Å². The molecule has 0 unspecified atom stereocenters. The van der Waals surface area contributed by atoms with Gasteiger partial charge in [-0.3, -0.25) is 0 Å². The van der Waals surface area contributed by atoms with Gasteiger partial charge in [-0.2, -0.15) is 0 Å². The van der Waals surface area contributed by atoms with Gasteiger partial charge >= 0.3 is 0 Å². The van der Waals surface area contributed by atoms with Gasteiger partial charge in [-0.1, -0.05) is 0 Å². The van der Waals surface area contributed by atoms with Crippen molar-refractivity contribution >= 4 is 21.4 Å². The van der Waals surface area contributed by atoms with Gasteiger partial charge in [0, 0.05) is 22.4 Å². The largest absolute Gasteiger partial charge is 0.464 e. The number of rotatable bonds is 5. The second-order valence-corrected chi connectivity index (χ2v) is 7.39. The Morgan fingerprint density at radius 2 is 2.28 bits per heavy atom. The number of thiophene rings is 1. The zero-order valence-corrected chi connectivity index (χ0v) is 11.3. The van der Waals surface area contributed by atoms with E-state index in [0.717, 1.165) is 29.0 Å². The van der Waals surface area contributed by atoms with E-state index in [0.29, 0.717) is 6.54 Å². The Balaban J connectivity index is 1.67. The van der Waals surface area contributed by atoms with Crippen LogP contribution in [0.25, 0.3) is 11.3 Å². The molecular weight excluding hydrogens is 270 g/mol. The van der Waals surface area contributed by atoms with Crippen LogP contribution in [0.2, 0.25) is 0 Å². The maximum absolute atomic E-state index is 11.7. The first kappa shape index (κ1) is 12.0. The molecule has 0 amide bonds. The smallest absolute Gasteiger partial charge is 0.214 e. The summed E-state index contributed by atoms with van der Waals surface area (Å²) in [6.07, 6.45) is 3.21. The Bertz CT molecular complexity index is 624. The van der Waals surface area contributed by atoms with Crippen LogP contribution in [0.15, 0.2) is 34.3 Å². The monoisotopic (exact) mass is 283 g/mol. The van der Waals surface area contributed by atoms with Crippen LogP contribution in [0, 0.1) is 0 Å². The number of hydrogen-bond donors (Lipinski definition) is 1. The molecule has 0 aliphatic heterocycles. The second kappa shape index (κ2) is 4.53. The van der Waals surface area contributed by atoms with E-state index in [1.807, 2.05) is 23.6 Å². The van der Waals surface area contributed by atoms with Crippen molar-refractivity contribution < 1.29 is 12.8 Å². The van der Waals surface area contributed by atoms with Crippen molar-refractivity contribution in [1.82, 2.24) is 4.72 Å². The molecule has 4 nitrogen and oxygen atoms in total. The summed E-state index contributed by atoms with van der Waals surface area (Å²) >= 11 is 1.53. The van der Waals surface area contributed by atoms with Crippen LogP contribution in [0.3, 0.4) is 0 Å². The molecule has 2 aromatic rings. The normalized spacial score (nSPS) is 16.0. The van der Waals surface area contributed by atoms with Crippen LogP contribution < -0.4 is 4.72 Å². The van der Waals surface area contributed by atoms with Crippen molar-refractivity contribution in [2.75, 3.05) is 0 Å². The molecule has 1 fully saturated rings. The fraction of sp³-hybridized carbons (Fsp3) is 0.333. The van der Waals surface area contributed by atoms with E-state index in [1.165, 1.54) is 11.3 Å². The van der Waals surface area contributed by atoms with Gasteiger partial charge in [-0.25, -0.2) is 13.1 Å². The first-order valence-electron chi connectivity index (χ1n) is 5.75. The second-order valence-electron chi connectivity index (χ2n) is 4.34. The number of furan rings is 1. The van der Waals surface area contributed by atoms with Crippen LogP contribution >= 0.6 is 11.3 Å². The summed E-state index contributed by atoms with van der Waals surface area (Å²) in [5, 5.41) is 1.81. The van der Waals surface area contributed by atoms with Gasteiger partial charge in [0.2, 0.25) is 10.0 Å². The first-order chi connectivity index (χ1) is 8.65. The Morgan fingerprint density at radius 1 is 1.44 bits per heavy atom. The van der Waals surface area contributed by atoms with E-state index in [1.54, 1.807) is 6.26 Å². The van der Waals surface area contributed by atoms with Crippen molar-refractivity contribution in [3.63, 3.8) is 0 Å². The van der Waals surface area contributed by atoms with E-state index in [4.69, 9.17) is 4.42 Å². The van der Waals surface area contributed by atoms with Crippen LogP contribution in [0.4, 0.5) is 0 Å². The molecule has 0 aromatic carbocycles. The van der Waals surface area contributed by atoms with Crippen molar-refractivity contribution in [2.24, 2.45) is 0 Å². The number of nitrogens with one attached hydrogen (secondary N) is 1. The van der Waals surface area contributed by atoms with Gasteiger partial charge in [0.15, 0.2) is 0 Å². The minimum absolute atomic E-state index is 0.165. The summed E-state index contributed by atoms with van der Waals surface area (Å²) in [4.78, 5) is 0.991. The quantitative estimate of drug-likeness (QED) is 0.917. The highest BCUT2D eigenvalue weighted by Gasteiger charge is 2.35. The van der Waals surface area contributed by atoms with Crippen LogP contribution in [-0.2, 0) is 16.6 Å². The van der Waals surface area contributed by atoms with E-state index >= 15 is 0 Å². The molecule has 0 bridgehead atoms. The molecule has 1 saturated carbocycles. The minimum Gasteiger partial charge on any atom is -0.464 e. The van der Waals surface area contributed by atoms with E-state index in [-0.39, 0.29) is 5.25 Å². The lowest BCUT2D eigenvalue weighted by Crippen LogP contribution is -2.26. The molecular formula is C12H13NO3S2. The lowest BCUT2D eigenvalue weighted by Gasteiger charge is -2.02. The summed E-state index contributed by atoms with van der Waals surface area (Å²) in [5.41, 5.74) is 0.991. The van der Waals surface area contributed by atoms with Crippen LogP contribution in [0.5, 0.6) is 0 Å². The molecule has 2 heterocycles. The van der Waals surface area contributed by atoms with Gasteiger partial charge in [-0.05, 0) is 31.0 Å². The molecule has 0 spiro atoms. The molecule has 2 aromatic heterocycles. The highest BCUT2D eigenvalue weighted by atomic mass is 32.2. The van der Waals surface area contributed by atoms with Crippen molar-refractivity contribution in [3.05, 3.63) is 34.7 Å². The van der Waals surface area contributed by atoms with Crippen LogP contribution in [0.1, 0.15) is 17.7 Å². The van der Waals surface area contributed by atoms with Crippen LogP contribution in [-0.4, -0.2) is 13.7 Å². The molecule has 0 radical (unpaired) electrons. The molecule has 6 heteroatoms. The fourth-order valence-corrected chi connectivity index (χ4v) is 3.97. The Hall–Kier alpha value is -1.11. The third kappa shape index (κ3) is 2.50. The topological polar surface area (TPSA) is 59.3 Å². The fourth-order valence-electron chi connectivity index (χ4n) is 1.71. The van der Waals surface area contributed by atoms with E-state index < -0.39 is 10.0 Å². The maximum atomic E-state index is 11.7. The Kier molecular flexibility index (Phi) is 3.01. The van der Waals surface area contributed by atoms with Gasteiger partial charge in [0.1, 0.15) is 5.76 Å². The highest BCUT2D eigenvalue weighted by molar-refractivity contribution is 7.90. The number of hydrogen-bond acceptors (Lipinski definition) is 4. The van der Waals surface area contributed by atoms with E-state index in [2.05, 4.69) is 4.72 Å².